The normalized spacial score (nSPS) is 12.8. The highest BCUT2D eigenvalue weighted by Crippen LogP contribution is 2.21. The number of nitrogens with zero attached hydrogens (tertiary/aromatic N) is 2. The molecule has 1 aromatic carbocycles. The van der Waals surface area contributed by atoms with E-state index in [0.29, 0.717) is 24.6 Å². The predicted molar refractivity (Wildman–Crippen MR) is 98.6 cm³/mol. The molecule has 0 N–H and O–H groups in total. The lowest BCUT2D eigenvalue weighted by Crippen LogP contribution is -2.30. The fourth-order valence-corrected chi connectivity index (χ4v) is 5.15. The van der Waals surface area contributed by atoms with Gasteiger partial charge in [0.15, 0.2) is 0 Å². The first-order valence-corrected chi connectivity index (χ1v) is 11.1. The van der Waals surface area contributed by atoms with E-state index in [0.717, 1.165) is 0 Å². The van der Waals surface area contributed by atoms with Crippen LogP contribution in [0, 0.1) is 6.92 Å². The van der Waals surface area contributed by atoms with Crippen LogP contribution in [0.3, 0.4) is 0 Å². The van der Waals surface area contributed by atoms with Crippen molar-refractivity contribution in [1.82, 2.24) is 8.61 Å². The summed E-state index contributed by atoms with van der Waals surface area (Å²) < 4.78 is 58.2. The molecule has 0 aliphatic heterocycles. The molecule has 0 atom stereocenters. The maximum absolute atomic E-state index is 12.7. The van der Waals surface area contributed by atoms with E-state index >= 15 is 0 Å². The molecule has 26 heavy (non-hydrogen) atoms. The van der Waals surface area contributed by atoms with E-state index in [4.69, 9.17) is 4.42 Å². The van der Waals surface area contributed by atoms with Gasteiger partial charge in [-0.25, -0.2) is 16.8 Å². The molecule has 0 saturated heterocycles. The van der Waals surface area contributed by atoms with Crippen molar-refractivity contribution in [3.05, 3.63) is 47.9 Å². The van der Waals surface area contributed by atoms with E-state index in [9.17, 15) is 16.8 Å². The summed E-state index contributed by atoms with van der Waals surface area (Å²) in [6.45, 7) is 6.09. The summed E-state index contributed by atoms with van der Waals surface area (Å²) in [5.41, 5.74) is 0. The predicted octanol–water partition coefficient (Wildman–Crippen LogP) is 2.44. The van der Waals surface area contributed by atoms with Crippen molar-refractivity contribution in [2.24, 2.45) is 0 Å². The SMILES string of the molecule is CCN(CC)S(=O)(=O)c1ccc(S(=O)(=O)N(C)Cc2ccc(C)o2)cc1. The van der Waals surface area contributed by atoms with Crippen LogP contribution in [0.15, 0.2) is 50.6 Å². The number of sulfonamides is 2. The van der Waals surface area contributed by atoms with Crippen LogP contribution in [0.25, 0.3) is 0 Å². The van der Waals surface area contributed by atoms with Crippen LogP contribution in [-0.2, 0) is 26.6 Å². The van der Waals surface area contributed by atoms with Gasteiger partial charge in [-0.3, -0.25) is 0 Å². The number of hydrogen-bond acceptors (Lipinski definition) is 5. The summed E-state index contributed by atoms with van der Waals surface area (Å²) in [6.07, 6.45) is 0. The van der Waals surface area contributed by atoms with Crippen LogP contribution in [0.5, 0.6) is 0 Å². The minimum absolute atomic E-state index is 0.0294. The lowest BCUT2D eigenvalue weighted by atomic mass is 10.4. The summed E-state index contributed by atoms with van der Waals surface area (Å²) in [4.78, 5) is 0.103. The van der Waals surface area contributed by atoms with Crippen molar-refractivity contribution >= 4 is 20.0 Å². The molecule has 144 valence electrons. The zero-order valence-corrected chi connectivity index (χ0v) is 17.0. The van der Waals surface area contributed by atoms with E-state index in [1.54, 1.807) is 32.9 Å². The average Bonchev–Trinajstić information content (AvgIpc) is 3.00. The molecule has 0 aliphatic rings. The average molecular weight is 401 g/mol. The van der Waals surface area contributed by atoms with Crippen LogP contribution in [0.1, 0.15) is 25.4 Å². The van der Waals surface area contributed by atoms with Gasteiger partial charge in [-0.2, -0.15) is 8.61 Å². The van der Waals surface area contributed by atoms with E-state index in [1.165, 1.54) is 39.9 Å². The van der Waals surface area contributed by atoms with Crippen molar-refractivity contribution in [3.63, 3.8) is 0 Å². The van der Waals surface area contributed by atoms with Crippen LogP contribution >= 0.6 is 0 Å². The van der Waals surface area contributed by atoms with Gasteiger partial charge in [-0.15, -0.1) is 0 Å². The maximum Gasteiger partial charge on any atom is 0.243 e. The molecule has 7 nitrogen and oxygen atoms in total. The van der Waals surface area contributed by atoms with Gasteiger partial charge in [-0.1, -0.05) is 13.8 Å². The van der Waals surface area contributed by atoms with Crippen LogP contribution in [0.4, 0.5) is 0 Å². The molecule has 0 fully saturated rings. The molecular formula is C17H24N2O5S2. The number of aryl methyl sites for hydroxylation is 1. The highest BCUT2D eigenvalue weighted by atomic mass is 32.2. The Balaban J connectivity index is 2.26. The third-order valence-corrected chi connectivity index (χ3v) is 7.93. The van der Waals surface area contributed by atoms with Crippen molar-refractivity contribution in [1.29, 1.82) is 0 Å². The van der Waals surface area contributed by atoms with Gasteiger partial charge in [0.25, 0.3) is 0 Å². The summed E-state index contributed by atoms with van der Waals surface area (Å²) in [5.74, 6) is 1.24. The third-order valence-electron chi connectivity index (χ3n) is 4.05. The maximum atomic E-state index is 12.7. The molecule has 0 amide bonds. The number of furan rings is 1. The summed E-state index contributed by atoms with van der Waals surface area (Å²) in [7, 11) is -5.92. The molecule has 0 aliphatic carbocycles. The van der Waals surface area contributed by atoms with E-state index < -0.39 is 20.0 Å². The van der Waals surface area contributed by atoms with Crippen LogP contribution in [-0.4, -0.2) is 45.6 Å². The fourth-order valence-electron chi connectivity index (χ4n) is 2.55. The zero-order valence-electron chi connectivity index (χ0n) is 15.3. The topological polar surface area (TPSA) is 87.9 Å². The van der Waals surface area contributed by atoms with E-state index in [2.05, 4.69) is 0 Å². The molecule has 0 radical (unpaired) electrons. The Morgan fingerprint density at radius 1 is 0.846 bits per heavy atom. The Labute approximate surface area is 155 Å². The van der Waals surface area contributed by atoms with E-state index in [1.807, 2.05) is 0 Å². The number of benzene rings is 1. The molecule has 0 spiro atoms. The Morgan fingerprint density at radius 3 is 1.77 bits per heavy atom. The summed E-state index contributed by atoms with van der Waals surface area (Å²) in [6, 6.07) is 8.77. The first-order chi connectivity index (χ1) is 12.1. The molecule has 0 unspecified atom stereocenters. The second-order valence-corrected chi connectivity index (χ2v) is 9.82. The largest absolute Gasteiger partial charge is 0.465 e. The Kier molecular flexibility index (Phi) is 6.28. The smallest absolute Gasteiger partial charge is 0.243 e. The van der Waals surface area contributed by atoms with Gasteiger partial charge in [-0.05, 0) is 43.3 Å². The highest BCUT2D eigenvalue weighted by molar-refractivity contribution is 7.89. The van der Waals surface area contributed by atoms with Crippen LogP contribution in [0.2, 0.25) is 0 Å². The molecule has 0 bridgehead atoms. The van der Waals surface area contributed by atoms with Crippen LogP contribution < -0.4 is 0 Å². The molecular weight excluding hydrogens is 376 g/mol. The van der Waals surface area contributed by atoms with Crippen molar-refractivity contribution in [2.45, 2.75) is 37.1 Å². The fraction of sp³-hybridized carbons (Fsp3) is 0.412. The quantitative estimate of drug-likeness (QED) is 0.679. The lowest BCUT2D eigenvalue weighted by molar-refractivity contribution is 0.397. The molecule has 2 aromatic rings. The van der Waals surface area contributed by atoms with Gasteiger partial charge < -0.3 is 4.42 Å². The summed E-state index contributed by atoms with van der Waals surface area (Å²) in [5, 5.41) is 0. The van der Waals surface area contributed by atoms with Gasteiger partial charge >= 0.3 is 0 Å². The molecule has 1 heterocycles. The highest BCUT2D eigenvalue weighted by Gasteiger charge is 2.25. The Morgan fingerprint density at radius 2 is 1.35 bits per heavy atom. The van der Waals surface area contributed by atoms with E-state index in [-0.39, 0.29) is 16.3 Å². The van der Waals surface area contributed by atoms with Crippen molar-refractivity contribution in [3.8, 4) is 0 Å². The monoisotopic (exact) mass is 400 g/mol. The first kappa shape index (κ1) is 20.6. The number of rotatable bonds is 8. The molecule has 1 aromatic heterocycles. The van der Waals surface area contributed by atoms with Crippen molar-refractivity contribution < 1.29 is 21.3 Å². The van der Waals surface area contributed by atoms with Gasteiger partial charge in [0.05, 0.1) is 16.3 Å². The van der Waals surface area contributed by atoms with Crippen molar-refractivity contribution in [2.75, 3.05) is 20.1 Å². The third kappa shape index (κ3) is 4.17. The first-order valence-electron chi connectivity index (χ1n) is 8.24. The minimum atomic E-state index is -3.76. The Bertz CT molecular complexity index is 943. The van der Waals surface area contributed by atoms with Gasteiger partial charge in [0.1, 0.15) is 11.5 Å². The molecule has 9 heteroatoms. The standard InChI is InChI=1S/C17H24N2O5S2/c1-5-19(6-2)26(22,23)17-11-9-16(10-12-17)25(20,21)18(4)13-15-8-7-14(3)24-15/h7-12H,5-6,13H2,1-4H3. The lowest BCUT2D eigenvalue weighted by Gasteiger charge is -2.19. The molecule has 2 rings (SSSR count). The van der Waals surface area contributed by atoms with Gasteiger partial charge in [0.2, 0.25) is 20.0 Å². The Hall–Kier alpha value is -1.68. The second-order valence-electron chi connectivity index (χ2n) is 5.83. The molecule has 0 saturated carbocycles. The minimum Gasteiger partial charge on any atom is -0.465 e. The second kappa shape index (κ2) is 7.91. The summed E-state index contributed by atoms with van der Waals surface area (Å²) >= 11 is 0. The zero-order chi connectivity index (χ0) is 19.5. The number of hydrogen-bond donors (Lipinski definition) is 0. The van der Waals surface area contributed by atoms with Gasteiger partial charge in [0, 0.05) is 20.1 Å².